The van der Waals surface area contributed by atoms with Crippen molar-refractivity contribution in [3.05, 3.63) is 59.1 Å². The third-order valence-corrected chi connectivity index (χ3v) is 4.20. The van der Waals surface area contributed by atoms with Crippen molar-refractivity contribution < 1.29 is 0 Å². The summed E-state index contributed by atoms with van der Waals surface area (Å²) in [6.07, 6.45) is 2.05. The van der Waals surface area contributed by atoms with Crippen molar-refractivity contribution in [3.63, 3.8) is 0 Å². The van der Waals surface area contributed by atoms with Gasteiger partial charge in [-0.2, -0.15) is 0 Å². The zero-order valence-electron chi connectivity index (χ0n) is 12.1. The fourth-order valence-corrected chi connectivity index (χ4v) is 3.12. The lowest BCUT2D eigenvalue weighted by Gasteiger charge is -2.17. The lowest BCUT2D eigenvalue weighted by Crippen LogP contribution is -2.24. The van der Waals surface area contributed by atoms with Gasteiger partial charge in [0.1, 0.15) is 0 Å². The van der Waals surface area contributed by atoms with Gasteiger partial charge in [0.05, 0.1) is 11.7 Å². The molecule has 3 nitrogen and oxygen atoms in total. The number of nitrogens with zero attached hydrogens (tertiary/aromatic N) is 2. The highest BCUT2D eigenvalue weighted by Gasteiger charge is 2.15. The van der Waals surface area contributed by atoms with E-state index in [4.69, 9.17) is 0 Å². The van der Waals surface area contributed by atoms with Gasteiger partial charge in [-0.05, 0) is 47.3 Å². The van der Waals surface area contributed by atoms with Crippen LogP contribution in [0, 0.1) is 0 Å². The summed E-state index contributed by atoms with van der Waals surface area (Å²) in [4.78, 5) is 0. The van der Waals surface area contributed by atoms with Gasteiger partial charge in [0, 0.05) is 5.38 Å². The predicted octanol–water partition coefficient (Wildman–Crippen LogP) is 3.97. The first-order valence-corrected chi connectivity index (χ1v) is 8.19. The molecule has 1 aromatic heterocycles. The van der Waals surface area contributed by atoms with Crippen molar-refractivity contribution in [2.45, 2.75) is 25.8 Å². The van der Waals surface area contributed by atoms with E-state index >= 15 is 0 Å². The maximum atomic E-state index is 4.25. The Balaban J connectivity index is 1.90. The van der Waals surface area contributed by atoms with E-state index in [2.05, 4.69) is 64.3 Å². The molecule has 1 unspecified atom stereocenters. The Kier molecular flexibility index (Phi) is 4.58. The van der Waals surface area contributed by atoms with Gasteiger partial charge in [0.15, 0.2) is 0 Å². The topological polar surface area (TPSA) is 37.8 Å². The second-order valence-corrected chi connectivity index (χ2v) is 5.79. The van der Waals surface area contributed by atoms with E-state index in [-0.39, 0.29) is 6.04 Å². The molecule has 0 bridgehead atoms. The van der Waals surface area contributed by atoms with E-state index < -0.39 is 0 Å². The summed E-state index contributed by atoms with van der Waals surface area (Å²) in [7, 11) is 0. The minimum Gasteiger partial charge on any atom is -0.308 e. The first-order chi connectivity index (χ1) is 10.4. The Hall–Kier alpha value is -1.78. The summed E-state index contributed by atoms with van der Waals surface area (Å²) in [5.74, 6) is 0. The zero-order valence-corrected chi connectivity index (χ0v) is 12.9. The first kappa shape index (κ1) is 14.2. The van der Waals surface area contributed by atoms with Gasteiger partial charge in [-0.1, -0.05) is 53.9 Å². The van der Waals surface area contributed by atoms with Crippen molar-refractivity contribution >= 4 is 22.3 Å². The normalized spacial score (nSPS) is 12.6. The first-order valence-electron chi connectivity index (χ1n) is 7.35. The van der Waals surface area contributed by atoms with Crippen LogP contribution in [0.1, 0.15) is 30.6 Å². The van der Waals surface area contributed by atoms with Crippen molar-refractivity contribution in [2.24, 2.45) is 0 Å². The van der Waals surface area contributed by atoms with Crippen LogP contribution in [0.25, 0.3) is 10.8 Å². The van der Waals surface area contributed by atoms with Crippen LogP contribution in [0.5, 0.6) is 0 Å². The van der Waals surface area contributed by atoms with Gasteiger partial charge in [-0.25, -0.2) is 0 Å². The largest absolute Gasteiger partial charge is 0.308 e. The highest BCUT2D eigenvalue weighted by molar-refractivity contribution is 7.03. The maximum absolute atomic E-state index is 4.25. The third-order valence-electron chi connectivity index (χ3n) is 3.68. The quantitative estimate of drug-likeness (QED) is 0.748. The van der Waals surface area contributed by atoms with Gasteiger partial charge in [0.2, 0.25) is 0 Å². The molecular weight excluding hydrogens is 278 g/mol. The van der Waals surface area contributed by atoms with Crippen LogP contribution in [0.4, 0.5) is 0 Å². The second-order valence-electron chi connectivity index (χ2n) is 5.18. The number of nitrogens with one attached hydrogen (secondary N) is 1. The second kappa shape index (κ2) is 6.78. The summed E-state index contributed by atoms with van der Waals surface area (Å²) in [6.45, 7) is 3.17. The Morgan fingerprint density at radius 3 is 2.81 bits per heavy atom. The number of hydrogen-bond acceptors (Lipinski definition) is 4. The highest BCUT2D eigenvalue weighted by atomic mass is 32.1. The fourth-order valence-electron chi connectivity index (χ4n) is 2.61. The van der Waals surface area contributed by atoms with Gasteiger partial charge in [-0.3, -0.25) is 0 Å². The Bertz CT molecular complexity index is 689. The summed E-state index contributed by atoms with van der Waals surface area (Å²) >= 11 is 1.41. The van der Waals surface area contributed by atoms with Crippen molar-refractivity contribution in [2.75, 3.05) is 6.54 Å². The zero-order chi connectivity index (χ0) is 14.5. The standard InChI is InChI=1S/C17H19N3S/c1-2-10-18-16(17-12-21-20-19-17)11-14-8-5-7-13-6-3-4-9-15(13)14/h3-9,12,16,18H,2,10-11H2,1H3. The molecule has 3 rings (SSSR count). The molecule has 0 aliphatic rings. The number of hydrogen-bond donors (Lipinski definition) is 1. The molecule has 0 fully saturated rings. The third kappa shape index (κ3) is 3.28. The lowest BCUT2D eigenvalue weighted by atomic mass is 9.97. The monoisotopic (exact) mass is 297 g/mol. The number of benzene rings is 2. The average Bonchev–Trinajstić information content (AvgIpc) is 3.06. The molecule has 1 heterocycles. The number of aromatic nitrogens is 2. The van der Waals surface area contributed by atoms with Gasteiger partial charge in [-0.15, -0.1) is 5.10 Å². The molecule has 0 spiro atoms. The Morgan fingerprint density at radius 2 is 2.00 bits per heavy atom. The molecule has 0 amide bonds. The molecule has 0 aliphatic heterocycles. The minimum absolute atomic E-state index is 0.231. The molecule has 4 heteroatoms. The summed E-state index contributed by atoms with van der Waals surface area (Å²) in [5.41, 5.74) is 2.40. The van der Waals surface area contributed by atoms with Crippen LogP contribution in [0.3, 0.4) is 0 Å². The molecule has 0 saturated heterocycles. The number of rotatable bonds is 6. The minimum atomic E-state index is 0.231. The van der Waals surface area contributed by atoms with E-state index in [9.17, 15) is 0 Å². The van der Waals surface area contributed by atoms with Crippen molar-refractivity contribution in [1.29, 1.82) is 0 Å². The van der Waals surface area contributed by atoms with Gasteiger partial charge in [0.25, 0.3) is 0 Å². The van der Waals surface area contributed by atoms with Crippen molar-refractivity contribution in [1.82, 2.24) is 14.9 Å². The van der Waals surface area contributed by atoms with E-state index in [0.29, 0.717) is 0 Å². The molecule has 108 valence electrons. The average molecular weight is 297 g/mol. The molecular formula is C17H19N3S. The summed E-state index contributed by atoms with van der Waals surface area (Å²) in [6, 6.07) is 15.3. The molecule has 0 saturated carbocycles. The summed E-state index contributed by atoms with van der Waals surface area (Å²) < 4.78 is 4.01. The van der Waals surface area contributed by atoms with Crippen LogP contribution >= 0.6 is 11.5 Å². The van der Waals surface area contributed by atoms with Crippen LogP contribution in [0.15, 0.2) is 47.8 Å². The predicted molar refractivity (Wildman–Crippen MR) is 88.6 cm³/mol. The van der Waals surface area contributed by atoms with Gasteiger partial charge < -0.3 is 5.32 Å². The Morgan fingerprint density at radius 1 is 1.14 bits per heavy atom. The lowest BCUT2D eigenvalue weighted by molar-refractivity contribution is 0.518. The van der Waals surface area contributed by atoms with E-state index in [0.717, 1.165) is 25.1 Å². The maximum Gasteiger partial charge on any atom is 0.0928 e. The molecule has 3 aromatic rings. The smallest absolute Gasteiger partial charge is 0.0928 e. The molecule has 21 heavy (non-hydrogen) atoms. The van der Waals surface area contributed by atoms with Crippen LogP contribution in [-0.4, -0.2) is 16.1 Å². The molecule has 1 N–H and O–H groups in total. The molecule has 0 radical (unpaired) electrons. The van der Waals surface area contributed by atoms with E-state index in [1.807, 2.05) is 5.38 Å². The SMILES string of the molecule is CCCNC(Cc1cccc2ccccc12)c1csnn1. The highest BCUT2D eigenvalue weighted by Crippen LogP contribution is 2.24. The van der Waals surface area contributed by atoms with Crippen molar-refractivity contribution in [3.8, 4) is 0 Å². The van der Waals surface area contributed by atoms with Crippen LogP contribution in [0.2, 0.25) is 0 Å². The molecule has 1 atom stereocenters. The van der Waals surface area contributed by atoms with Crippen LogP contribution < -0.4 is 5.32 Å². The molecule has 0 aliphatic carbocycles. The fraction of sp³-hybridized carbons (Fsp3) is 0.294. The summed E-state index contributed by atoms with van der Waals surface area (Å²) in [5, 5.41) is 12.5. The van der Waals surface area contributed by atoms with Gasteiger partial charge >= 0.3 is 0 Å². The molecule has 2 aromatic carbocycles. The number of fused-ring (bicyclic) bond motifs is 1. The van der Waals surface area contributed by atoms with Crippen LogP contribution in [-0.2, 0) is 6.42 Å². The Labute approximate surface area is 129 Å². The van der Waals surface area contributed by atoms with E-state index in [1.54, 1.807) is 0 Å². The van der Waals surface area contributed by atoms with E-state index in [1.165, 1.54) is 27.9 Å².